The lowest BCUT2D eigenvalue weighted by Crippen LogP contribution is -2.12. The Bertz CT molecular complexity index is 776. The summed E-state index contributed by atoms with van der Waals surface area (Å²) in [7, 11) is 0. The minimum absolute atomic E-state index is 0.00159. The van der Waals surface area contributed by atoms with Crippen LogP contribution in [0.3, 0.4) is 0 Å². The summed E-state index contributed by atoms with van der Waals surface area (Å²) in [6.07, 6.45) is 1.54. The second-order valence-electron chi connectivity index (χ2n) is 4.46. The Morgan fingerprint density at radius 1 is 1.18 bits per heavy atom. The third kappa shape index (κ3) is 2.77. The Balaban J connectivity index is 1.92. The Kier molecular flexibility index (Phi) is 3.76. The van der Waals surface area contributed by atoms with Gasteiger partial charge in [-0.15, -0.1) is 11.3 Å². The monoisotopic (exact) mass is 313 g/mol. The summed E-state index contributed by atoms with van der Waals surface area (Å²) in [5, 5.41) is 13.9. The summed E-state index contributed by atoms with van der Waals surface area (Å²) in [6.45, 7) is 0. The van der Waals surface area contributed by atoms with Crippen molar-refractivity contribution in [2.24, 2.45) is 0 Å². The summed E-state index contributed by atoms with van der Waals surface area (Å²) in [6, 6.07) is 12.6. The van der Waals surface area contributed by atoms with Crippen molar-refractivity contribution in [3.63, 3.8) is 0 Å². The number of ketones is 1. The number of nitrogens with one attached hydrogen (secondary N) is 1. The predicted octanol–water partition coefficient (Wildman–Crippen LogP) is 3.10. The number of carboxylic acids is 1. The molecule has 1 aromatic carbocycles. The molecular formula is C16H11NO4S. The van der Waals surface area contributed by atoms with Gasteiger partial charge in [-0.3, -0.25) is 4.79 Å². The Hall–Kier alpha value is -2.86. The number of Topliss-reactive ketones (excluding diaryl/α,β-unsaturated/α-hetero) is 1. The van der Waals surface area contributed by atoms with E-state index in [4.69, 9.17) is 4.74 Å². The van der Waals surface area contributed by atoms with Gasteiger partial charge in [-0.05, 0) is 23.6 Å². The Morgan fingerprint density at radius 2 is 1.95 bits per heavy atom. The van der Waals surface area contributed by atoms with Crippen LogP contribution < -0.4 is 5.32 Å². The van der Waals surface area contributed by atoms with Gasteiger partial charge in [-0.2, -0.15) is 0 Å². The van der Waals surface area contributed by atoms with Gasteiger partial charge in [-0.1, -0.05) is 24.3 Å². The van der Waals surface area contributed by atoms with E-state index in [0.717, 1.165) is 4.88 Å². The molecule has 0 aliphatic carbocycles. The molecule has 0 bridgehead atoms. The number of hydrogen-bond donors (Lipinski definition) is 2. The third-order valence-electron chi connectivity index (χ3n) is 2.95. The van der Waals surface area contributed by atoms with E-state index in [1.807, 2.05) is 23.6 Å². The van der Waals surface area contributed by atoms with Crippen molar-refractivity contribution in [3.8, 4) is 0 Å². The van der Waals surface area contributed by atoms with Crippen LogP contribution in [0.5, 0.6) is 0 Å². The van der Waals surface area contributed by atoms with Gasteiger partial charge in [0.25, 0.3) is 0 Å². The molecule has 1 aliphatic heterocycles. The molecule has 2 heterocycles. The van der Waals surface area contributed by atoms with E-state index in [0.29, 0.717) is 5.69 Å². The first-order chi connectivity index (χ1) is 10.6. The van der Waals surface area contributed by atoms with Crippen LogP contribution in [0.1, 0.15) is 4.88 Å². The van der Waals surface area contributed by atoms with Crippen molar-refractivity contribution in [1.82, 2.24) is 0 Å². The van der Waals surface area contributed by atoms with E-state index in [1.165, 1.54) is 17.4 Å². The van der Waals surface area contributed by atoms with Crippen LogP contribution in [0, 0.1) is 0 Å². The number of hydrogen-bond acceptors (Lipinski definition) is 5. The van der Waals surface area contributed by atoms with Crippen LogP contribution in [0.2, 0.25) is 0 Å². The van der Waals surface area contributed by atoms with E-state index in [2.05, 4.69) is 5.32 Å². The molecule has 2 N–H and O–H groups in total. The van der Waals surface area contributed by atoms with Gasteiger partial charge in [0.15, 0.2) is 11.3 Å². The number of ether oxygens (including phenoxy) is 1. The summed E-state index contributed by atoms with van der Waals surface area (Å²) >= 11 is 1.43. The van der Waals surface area contributed by atoms with Crippen molar-refractivity contribution < 1.29 is 19.4 Å². The fourth-order valence-corrected chi connectivity index (χ4v) is 2.61. The minimum Gasteiger partial charge on any atom is -0.477 e. The summed E-state index contributed by atoms with van der Waals surface area (Å²) in [4.78, 5) is 24.4. The molecule has 0 fully saturated rings. The maximum Gasteiger partial charge on any atom is 0.345 e. The average molecular weight is 313 g/mol. The number of carboxylic acid groups (broad SMARTS) is 1. The largest absolute Gasteiger partial charge is 0.477 e. The number of thiophene rings is 1. The molecular weight excluding hydrogens is 302 g/mol. The number of aliphatic carboxylic acids is 1. The normalized spacial score (nSPS) is 16.0. The molecule has 5 nitrogen and oxygen atoms in total. The number of para-hydroxylation sites is 1. The Labute approximate surface area is 130 Å². The molecule has 0 radical (unpaired) electrons. The molecule has 1 aromatic heterocycles. The lowest BCUT2D eigenvalue weighted by Gasteiger charge is -2.07. The van der Waals surface area contributed by atoms with Gasteiger partial charge in [0.2, 0.25) is 11.7 Å². The fourth-order valence-electron chi connectivity index (χ4n) is 1.97. The topological polar surface area (TPSA) is 75.6 Å². The molecule has 110 valence electrons. The molecule has 0 atom stereocenters. The van der Waals surface area contributed by atoms with E-state index in [-0.39, 0.29) is 11.6 Å². The second-order valence-corrected chi connectivity index (χ2v) is 5.43. The standard InChI is InChI=1S/C16H11NO4S/c18-14-12(9-11-7-4-8-22-11)21-15(13(14)16(19)20)17-10-5-2-1-3-6-10/h1-9,17H,(H,19,20)/b12-9-. The van der Waals surface area contributed by atoms with Crippen molar-refractivity contribution in [2.45, 2.75) is 0 Å². The summed E-state index contributed by atoms with van der Waals surface area (Å²) in [5.41, 5.74) is 0.244. The van der Waals surface area contributed by atoms with Gasteiger partial charge in [0.05, 0.1) is 0 Å². The smallest absolute Gasteiger partial charge is 0.345 e. The van der Waals surface area contributed by atoms with Crippen molar-refractivity contribution in [3.05, 3.63) is 69.9 Å². The molecule has 6 heteroatoms. The highest BCUT2D eigenvalue weighted by atomic mass is 32.1. The highest BCUT2D eigenvalue weighted by Gasteiger charge is 2.35. The number of rotatable bonds is 4. The van der Waals surface area contributed by atoms with E-state index in [1.54, 1.807) is 24.3 Å². The molecule has 2 aromatic rings. The third-order valence-corrected chi connectivity index (χ3v) is 3.77. The lowest BCUT2D eigenvalue weighted by atomic mass is 10.1. The van der Waals surface area contributed by atoms with Crippen LogP contribution >= 0.6 is 11.3 Å². The first-order valence-corrected chi connectivity index (χ1v) is 7.30. The molecule has 0 unspecified atom stereocenters. The van der Waals surface area contributed by atoms with Crippen LogP contribution in [0.15, 0.2) is 65.1 Å². The van der Waals surface area contributed by atoms with E-state index < -0.39 is 17.3 Å². The van der Waals surface area contributed by atoms with Crippen LogP contribution in [0.25, 0.3) is 6.08 Å². The SMILES string of the molecule is O=C(O)C1=C(Nc2ccccc2)O/C(=C\c2cccs2)C1=O. The number of carbonyl (C=O) groups excluding carboxylic acids is 1. The number of allylic oxidation sites excluding steroid dienone is 1. The zero-order valence-electron chi connectivity index (χ0n) is 11.3. The predicted molar refractivity (Wildman–Crippen MR) is 83.1 cm³/mol. The van der Waals surface area contributed by atoms with Gasteiger partial charge in [0.1, 0.15) is 0 Å². The van der Waals surface area contributed by atoms with Gasteiger partial charge >= 0.3 is 5.97 Å². The first-order valence-electron chi connectivity index (χ1n) is 6.42. The van der Waals surface area contributed by atoms with Gasteiger partial charge in [-0.25, -0.2) is 4.79 Å². The molecule has 0 saturated carbocycles. The van der Waals surface area contributed by atoms with Crippen LogP contribution in [0.4, 0.5) is 5.69 Å². The lowest BCUT2D eigenvalue weighted by molar-refractivity contribution is -0.134. The highest BCUT2D eigenvalue weighted by molar-refractivity contribution is 7.10. The van der Waals surface area contributed by atoms with Crippen LogP contribution in [-0.2, 0) is 14.3 Å². The van der Waals surface area contributed by atoms with Crippen molar-refractivity contribution >= 4 is 34.9 Å². The molecule has 22 heavy (non-hydrogen) atoms. The zero-order valence-corrected chi connectivity index (χ0v) is 12.1. The highest BCUT2D eigenvalue weighted by Crippen LogP contribution is 2.28. The van der Waals surface area contributed by atoms with Gasteiger partial charge in [0, 0.05) is 16.6 Å². The zero-order chi connectivity index (χ0) is 15.5. The molecule has 1 aliphatic rings. The van der Waals surface area contributed by atoms with Gasteiger partial charge < -0.3 is 15.2 Å². The average Bonchev–Trinajstić information content (AvgIpc) is 3.09. The maximum absolute atomic E-state index is 12.2. The van der Waals surface area contributed by atoms with Crippen molar-refractivity contribution in [2.75, 3.05) is 5.32 Å². The number of benzene rings is 1. The fraction of sp³-hybridized carbons (Fsp3) is 0. The van der Waals surface area contributed by atoms with Crippen molar-refractivity contribution in [1.29, 1.82) is 0 Å². The molecule has 0 amide bonds. The summed E-state index contributed by atoms with van der Waals surface area (Å²) in [5.74, 6) is -2.03. The molecule has 0 spiro atoms. The quantitative estimate of drug-likeness (QED) is 0.670. The molecule has 0 saturated heterocycles. The summed E-state index contributed by atoms with van der Waals surface area (Å²) < 4.78 is 5.43. The first kappa shape index (κ1) is 14.1. The molecule has 3 rings (SSSR count). The van der Waals surface area contributed by atoms with E-state index in [9.17, 15) is 14.7 Å². The second kappa shape index (κ2) is 5.87. The van der Waals surface area contributed by atoms with E-state index >= 15 is 0 Å². The number of anilines is 1. The Morgan fingerprint density at radius 3 is 2.59 bits per heavy atom. The number of carbonyl (C=O) groups is 2. The van der Waals surface area contributed by atoms with Crippen LogP contribution in [-0.4, -0.2) is 16.9 Å². The minimum atomic E-state index is -1.32. The maximum atomic E-state index is 12.2.